The van der Waals surface area contributed by atoms with Crippen LogP contribution in [0.4, 0.5) is 0 Å². The van der Waals surface area contributed by atoms with Crippen molar-refractivity contribution in [2.45, 2.75) is 40.5 Å². The average Bonchev–Trinajstić information content (AvgIpc) is 3.10. The maximum Gasteiger partial charge on any atom is 0.181 e. The molecule has 0 unspecified atom stereocenters. The number of hydrogen-bond donors (Lipinski definition) is 0. The molecule has 0 saturated carbocycles. The molecule has 0 saturated heterocycles. The van der Waals surface area contributed by atoms with Crippen LogP contribution in [0.1, 0.15) is 40.5 Å². The van der Waals surface area contributed by atoms with E-state index in [9.17, 15) is 4.55 Å². The molecule has 0 spiro atoms. The van der Waals surface area contributed by atoms with E-state index in [-0.39, 0.29) is 0 Å². The van der Waals surface area contributed by atoms with Gasteiger partial charge in [-0.05, 0) is 74.0 Å². The zero-order valence-corrected chi connectivity index (χ0v) is 20.9. The minimum atomic E-state index is -1.15. The molecular weight excluding hydrogens is 420 g/mol. The summed E-state index contributed by atoms with van der Waals surface area (Å²) >= 11 is 0. The summed E-state index contributed by atoms with van der Waals surface area (Å²) in [5.41, 5.74) is 0. The zero-order valence-electron chi connectivity index (χ0n) is 20.1. The molecule has 32 heavy (non-hydrogen) atoms. The van der Waals surface area contributed by atoms with Gasteiger partial charge in [0.1, 0.15) is 11.5 Å². The summed E-state index contributed by atoms with van der Waals surface area (Å²) in [6, 6.07) is 11.8. The molecule has 6 heteroatoms. The normalized spacial score (nSPS) is 11.8. The Morgan fingerprint density at radius 2 is 1.09 bits per heavy atom. The number of fused-ring (bicyclic) bond motifs is 3. The summed E-state index contributed by atoms with van der Waals surface area (Å²) in [5, 5.41) is 1.99. The highest BCUT2D eigenvalue weighted by atomic mass is 32.2. The molecule has 2 aromatic carbocycles. The van der Waals surface area contributed by atoms with E-state index in [0.29, 0.717) is 13.2 Å². The van der Waals surface area contributed by atoms with Gasteiger partial charge in [0.05, 0.1) is 24.0 Å². The van der Waals surface area contributed by atoms with E-state index >= 15 is 0 Å². The average molecular weight is 459 g/mol. The van der Waals surface area contributed by atoms with Crippen LogP contribution in [0, 0.1) is 0 Å². The molecule has 1 aromatic heterocycles. The first-order chi connectivity index (χ1) is 15.6. The van der Waals surface area contributed by atoms with Crippen molar-refractivity contribution in [2.24, 2.45) is 0 Å². The Kier molecular flexibility index (Phi) is 9.60. The molecule has 0 amide bonds. The van der Waals surface area contributed by atoms with E-state index < -0.39 is 10.8 Å². The van der Waals surface area contributed by atoms with Crippen molar-refractivity contribution in [3.05, 3.63) is 36.4 Å². The van der Waals surface area contributed by atoms with Gasteiger partial charge in [0.2, 0.25) is 0 Å². The highest BCUT2D eigenvalue weighted by Gasteiger charge is 2.17. The lowest BCUT2D eigenvalue weighted by atomic mass is 10.1. The van der Waals surface area contributed by atoms with Crippen LogP contribution in [0.25, 0.3) is 20.2 Å². The topological polar surface area (TPSA) is 48.0 Å². The quantitative estimate of drug-likeness (QED) is 0.221. The number of ether oxygens (including phenoxy) is 2. The molecule has 3 aromatic rings. The molecule has 0 aliphatic rings. The van der Waals surface area contributed by atoms with Gasteiger partial charge in [0.15, 0.2) is 9.40 Å². The Hall–Kier alpha value is -1.86. The second-order valence-corrected chi connectivity index (χ2v) is 9.46. The van der Waals surface area contributed by atoms with Crippen LogP contribution in [0.3, 0.4) is 0 Å². The summed E-state index contributed by atoms with van der Waals surface area (Å²) in [7, 11) is -1.15. The minimum Gasteiger partial charge on any atom is -0.590 e. The van der Waals surface area contributed by atoms with Crippen LogP contribution in [-0.2, 0) is 0 Å². The first kappa shape index (κ1) is 24.8. The van der Waals surface area contributed by atoms with Crippen molar-refractivity contribution in [3.8, 4) is 11.5 Å². The van der Waals surface area contributed by atoms with Gasteiger partial charge in [-0.15, -0.1) is 0 Å². The largest absolute Gasteiger partial charge is 0.590 e. The monoisotopic (exact) mass is 458 g/mol. The Bertz CT molecular complexity index is 903. The molecule has 0 bridgehead atoms. The van der Waals surface area contributed by atoms with Crippen molar-refractivity contribution in [1.29, 1.82) is 0 Å². The highest BCUT2D eigenvalue weighted by molar-refractivity contribution is 7.37. The first-order valence-electron chi connectivity index (χ1n) is 12.0. The first-order valence-corrected chi connectivity index (χ1v) is 13.2. The molecule has 0 atom stereocenters. The van der Waals surface area contributed by atoms with Crippen LogP contribution in [-0.4, -0.2) is 66.8 Å². The minimum absolute atomic E-state index is 0.681. The molecule has 0 aliphatic heterocycles. The second kappa shape index (κ2) is 12.4. The third-order valence-corrected chi connectivity index (χ3v) is 7.67. The fourth-order valence-electron chi connectivity index (χ4n) is 4.10. The second-order valence-electron chi connectivity index (χ2n) is 8.04. The summed E-state index contributed by atoms with van der Waals surface area (Å²) in [5.74, 6) is 1.66. The fraction of sp³-hybridized carbons (Fsp3) is 0.538. The highest BCUT2D eigenvalue weighted by Crippen LogP contribution is 2.43. The van der Waals surface area contributed by atoms with Crippen LogP contribution in [0.5, 0.6) is 11.5 Å². The molecule has 0 fully saturated rings. The lowest BCUT2D eigenvalue weighted by molar-refractivity contribution is 0.249. The van der Waals surface area contributed by atoms with Crippen molar-refractivity contribution >= 4 is 30.9 Å². The Morgan fingerprint density at radius 3 is 1.47 bits per heavy atom. The van der Waals surface area contributed by atoms with Gasteiger partial charge in [-0.25, -0.2) is 0 Å². The third kappa shape index (κ3) is 6.13. The summed E-state index contributed by atoms with van der Waals surface area (Å²) in [6.45, 7) is 16.5. The van der Waals surface area contributed by atoms with Crippen LogP contribution < -0.4 is 9.47 Å². The van der Waals surface area contributed by atoms with Crippen molar-refractivity contribution in [3.63, 3.8) is 0 Å². The molecule has 0 aliphatic carbocycles. The van der Waals surface area contributed by atoms with Crippen molar-refractivity contribution in [2.75, 3.05) is 52.5 Å². The van der Waals surface area contributed by atoms with Crippen molar-refractivity contribution < 1.29 is 14.0 Å². The van der Waals surface area contributed by atoms with Crippen molar-refractivity contribution in [1.82, 2.24) is 9.80 Å². The maximum absolute atomic E-state index is 12.9. The lowest BCUT2D eigenvalue weighted by Gasteiger charge is -2.17. The molecule has 1 heterocycles. The predicted octanol–water partition coefficient (Wildman–Crippen LogP) is 5.94. The summed E-state index contributed by atoms with van der Waals surface area (Å²) in [6.07, 6.45) is 1.99. The van der Waals surface area contributed by atoms with E-state index in [0.717, 1.165) is 83.8 Å². The number of benzene rings is 2. The lowest BCUT2D eigenvalue weighted by Crippen LogP contribution is -2.25. The number of thiophene rings is 1. The van der Waals surface area contributed by atoms with Crippen LogP contribution in [0.15, 0.2) is 36.4 Å². The van der Waals surface area contributed by atoms with Gasteiger partial charge in [0.25, 0.3) is 0 Å². The molecule has 3 rings (SSSR count). The van der Waals surface area contributed by atoms with E-state index in [2.05, 4.69) is 37.5 Å². The number of hydrogen-bond acceptors (Lipinski definition) is 5. The van der Waals surface area contributed by atoms with E-state index in [1.165, 1.54) is 0 Å². The molecular formula is C26H38N2O3S. The van der Waals surface area contributed by atoms with E-state index in [1.54, 1.807) is 0 Å². The molecule has 0 radical (unpaired) electrons. The van der Waals surface area contributed by atoms with E-state index in [1.807, 2.05) is 36.4 Å². The van der Waals surface area contributed by atoms with Gasteiger partial charge in [-0.3, -0.25) is 0 Å². The maximum atomic E-state index is 12.9. The van der Waals surface area contributed by atoms with Gasteiger partial charge < -0.3 is 23.8 Å². The van der Waals surface area contributed by atoms with E-state index in [4.69, 9.17) is 9.47 Å². The molecule has 5 nitrogen and oxygen atoms in total. The predicted molar refractivity (Wildman–Crippen MR) is 136 cm³/mol. The Labute approximate surface area is 195 Å². The van der Waals surface area contributed by atoms with Crippen LogP contribution >= 0.6 is 10.8 Å². The third-order valence-electron chi connectivity index (χ3n) is 6.16. The zero-order chi connectivity index (χ0) is 22.9. The Morgan fingerprint density at radius 1 is 0.688 bits per heavy atom. The molecule has 176 valence electrons. The van der Waals surface area contributed by atoms with Gasteiger partial charge in [-0.1, -0.05) is 27.7 Å². The Balaban J connectivity index is 1.68. The number of nitrogens with zero attached hydrogens (tertiary/aromatic N) is 2. The fourth-order valence-corrected chi connectivity index (χ4v) is 5.45. The van der Waals surface area contributed by atoms with Crippen LogP contribution in [0.2, 0.25) is 0 Å². The summed E-state index contributed by atoms with van der Waals surface area (Å²) < 4.78 is 26.7. The van der Waals surface area contributed by atoms with Gasteiger partial charge >= 0.3 is 0 Å². The SMILES string of the molecule is CCN(CC)CCCOc1ccc2c(c1)c1cc(OCCCN(CC)CC)ccc1[s+]2[O-]. The van der Waals surface area contributed by atoms with Gasteiger partial charge in [0, 0.05) is 25.2 Å². The van der Waals surface area contributed by atoms with Gasteiger partial charge in [-0.2, -0.15) is 0 Å². The smallest absolute Gasteiger partial charge is 0.181 e. The standard InChI is InChI=1S/C26H38N2O3S/c1-5-27(6-2)15-9-17-30-21-11-13-25-23(19-21)24-20-22(12-14-26(24)32(25)29)31-18-10-16-28(7-3)8-4/h11-14,19-20H,5-10,15-18H2,1-4H3. The summed E-state index contributed by atoms with van der Waals surface area (Å²) in [4.78, 5) is 4.80. The number of rotatable bonds is 14. The molecule has 0 N–H and O–H groups in total.